The lowest BCUT2D eigenvalue weighted by Gasteiger charge is -2.05. The highest BCUT2D eigenvalue weighted by molar-refractivity contribution is 7.99. The van der Waals surface area contributed by atoms with Gasteiger partial charge in [0.15, 0.2) is 5.16 Å². The van der Waals surface area contributed by atoms with Crippen molar-refractivity contribution >= 4 is 29.0 Å². The fourth-order valence-electron chi connectivity index (χ4n) is 1.60. The van der Waals surface area contributed by atoms with E-state index < -0.39 is 0 Å². The number of carbonyl (C=O) groups excluding carboxylic acids is 1. The van der Waals surface area contributed by atoms with E-state index in [9.17, 15) is 4.79 Å². The lowest BCUT2D eigenvalue weighted by atomic mass is 10.2. The average Bonchev–Trinajstić information content (AvgIpc) is 2.45. The van der Waals surface area contributed by atoms with Gasteiger partial charge in [0.05, 0.1) is 0 Å². The third kappa shape index (κ3) is 4.89. The Balaban J connectivity index is 1.68. The molecule has 0 saturated heterocycles. The van der Waals surface area contributed by atoms with E-state index in [2.05, 4.69) is 15.3 Å². The summed E-state index contributed by atoms with van der Waals surface area (Å²) in [7, 11) is 0. The molecule has 0 unspecified atom stereocenters. The van der Waals surface area contributed by atoms with Crippen LogP contribution in [0.5, 0.6) is 0 Å². The zero-order valence-electron chi connectivity index (χ0n) is 11.0. The molecular weight excluding hydrogens is 272 g/mol. The minimum absolute atomic E-state index is 0.00909. The van der Waals surface area contributed by atoms with Crippen LogP contribution in [0, 0.1) is 0 Å². The van der Waals surface area contributed by atoms with Gasteiger partial charge in [-0.25, -0.2) is 9.97 Å². The smallest absolute Gasteiger partial charge is 0.224 e. The fourth-order valence-corrected chi connectivity index (χ4v) is 2.34. The molecule has 0 fully saturated rings. The quantitative estimate of drug-likeness (QED) is 0.369. The van der Waals surface area contributed by atoms with Gasteiger partial charge in [0.2, 0.25) is 5.91 Å². The molecule has 0 aliphatic rings. The molecule has 2 rings (SSSR count). The van der Waals surface area contributed by atoms with Crippen LogP contribution < -0.4 is 11.1 Å². The Bertz CT molecular complexity index is 562. The lowest BCUT2D eigenvalue weighted by molar-refractivity contribution is -0.116. The molecule has 0 radical (unpaired) electrons. The SMILES string of the molecule is Nc1cccc(NC(=O)CCCSc2ncccn2)c1. The maximum absolute atomic E-state index is 11.7. The molecule has 20 heavy (non-hydrogen) atoms. The van der Waals surface area contributed by atoms with Crippen molar-refractivity contribution in [2.24, 2.45) is 0 Å². The van der Waals surface area contributed by atoms with E-state index >= 15 is 0 Å². The number of nitrogens with two attached hydrogens (primary N) is 1. The van der Waals surface area contributed by atoms with Gasteiger partial charge in [-0.2, -0.15) is 0 Å². The highest BCUT2D eigenvalue weighted by Crippen LogP contribution is 2.15. The van der Waals surface area contributed by atoms with Crippen molar-refractivity contribution in [3.8, 4) is 0 Å². The molecule has 0 aliphatic carbocycles. The van der Waals surface area contributed by atoms with Gasteiger partial charge in [-0.15, -0.1) is 0 Å². The second kappa shape index (κ2) is 7.49. The van der Waals surface area contributed by atoms with Gasteiger partial charge in [-0.05, 0) is 30.7 Å². The molecule has 5 nitrogen and oxygen atoms in total. The third-order valence-corrected chi connectivity index (χ3v) is 3.45. The minimum Gasteiger partial charge on any atom is -0.399 e. The summed E-state index contributed by atoms with van der Waals surface area (Å²) in [5.74, 6) is 0.805. The minimum atomic E-state index is -0.00909. The standard InChI is InChI=1S/C14H16N4OS/c15-11-4-1-5-12(10-11)18-13(19)6-2-9-20-14-16-7-3-8-17-14/h1,3-5,7-8,10H,2,6,9,15H2,(H,18,19). The summed E-state index contributed by atoms with van der Waals surface area (Å²) in [5.41, 5.74) is 7.02. The Morgan fingerprint density at radius 1 is 1.25 bits per heavy atom. The van der Waals surface area contributed by atoms with Crippen molar-refractivity contribution in [3.05, 3.63) is 42.7 Å². The third-order valence-electron chi connectivity index (χ3n) is 2.49. The Morgan fingerprint density at radius 2 is 2.05 bits per heavy atom. The molecule has 0 bridgehead atoms. The normalized spacial score (nSPS) is 10.2. The number of amides is 1. The van der Waals surface area contributed by atoms with E-state index in [0.29, 0.717) is 12.1 Å². The van der Waals surface area contributed by atoms with Gasteiger partial charge in [-0.1, -0.05) is 17.8 Å². The van der Waals surface area contributed by atoms with E-state index in [-0.39, 0.29) is 5.91 Å². The van der Waals surface area contributed by atoms with Crippen molar-refractivity contribution in [2.45, 2.75) is 18.0 Å². The van der Waals surface area contributed by atoms with Crippen molar-refractivity contribution in [1.82, 2.24) is 9.97 Å². The van der Waals surface area contributed by atoms with Gasteiger partial charge >= 0.3 is 0 Å². The number of thioether (sulfide) groups is 1. The maximum Gasteiger partial charge on any atom is 0.224 e. The number of carbonyl (C=O) groups is 1. The fraction of sp³-hybridized carbons (Fsp3) is 0.214. The molecule has 1 heterocycles. The summed E-state index contributed by atoms with van der Waals surface area (Å²) in [5, 5.41) is 3.56. The Kier molecular flexibility index (Phi) is 5.37. The Labute approximate surface area is 122 Å². The van der Waals surface area contributed by atoms with Crippen LogP contribution in [-0.2, 0) is 4.79 Å². The predicted molar refractivity (Wildman–Crippen MR) is 81.5 cm³/mol. The van der Waals surface area contributed by atoms with Crippen LogP contribution in [0.2, 0.25) is 0 Å². The summed E-state index contributed by atoms with van der Waals surface area (Å²) in [4.78, 5) is 20.0. The highest BCUT2D eigenvalue weighted by atomic mass is 32.2. The van der Waals surface area contributed by atoms with Gasteiger partial charge < -0.3 is 11.1 Å². The number of anilines is 2. The van der Waals surface area contributed by atoms with Crippen LogP contribution >= 0.6 is 11.8 Å². The number of nitrogen functional groups attached to an aromatic ring is 1. The molecule has 2 aromatic rings. The largest absolute Gasteiger partial charge is 0.399 e. The van der Waals surface area contributed by atoms with E-state index in [0.717, 1.165) is 23.0 Å². The molecule has 0 atom stereocenters. The lowest BCUT2D eigenvalue weighted by Crippen LogP contribution is -2.11. The van der Waals surface area contributed by atoms with Crippen LogP contribution in [0.1, 0.15) is 12.8 Å². The van der Waals surface area contributed by atoms with Gasteiger partial charge in [0, 0.05) is 35.9 Å². The van der Waals surface area contributed by atoms with Crippen molar-refractivity contribution in [3.63, 3.8) is 0 Å². The van der Waals surface area contributed by atoms with Gasteiger partial charge in [0.1, 0.15) is 0 Å². The van der Waals surface area contributed by atoms with Crippen molar-refractivity contribution < 1.29 is 4.79 Å². The van der Waals surface area contributed by atoms with Gasteiger partial charge in [-0.3, -0.25) is 4.79 Å². The molecule has 6 heteroatoms. The monoisotopic (exact) mass is 288 g/mol. The first kappa shape index (κ1) is 14.3. The molecule has 0 saturated carbocycles. The molecular formula is C14H16N4OS. The second-order valence-corrected chi connectivity index (χ2v) is 5.22. The highest BCUT2D eigenvalue weighted by Gasteiger charge is 2.03. The first-order chi connectivity index (χ1) is 9.74. The van der Waals surface area contributed by atoms with E-state index in [1.165, 1.54) is 0 Å². The van der Waals surface area contributed by atoms with Crippen LogP contribution in [0.3, 0.4) is 0 Å². The van der Waals surface area contributed by atoms with Crippen LogP contribution in [-0.4, -0.2) is 21.6 Å². The first-order valence-corrected chi connectivity index (χ1v) is 7.28. The van der Waals surface area contributed by atoms with Crippen LogP contribution in [0.15, 0.2) is 47.9 Å². The molecule has 1 aromatic carbocycles. The summed E-state index contributed by atoms with van der Waals surface area (Å²) < 4.78 is 0. The average molecular weight is 288 g/mol. The van der Waals surface area contributed by atoms with Crippen molar-refractivity contribution in [2.75, 3.05) is 16.8 Å². The summed E-state index contributed by atoms with van der Waals surface area (Å²) in [6.07, 6.45) is 4.66. The van der Waals surface area contributed by atoms with E-state index in [1.807, 2.05) is 12.1 Å². The zero-order chi connectivity index (χ0) is 14.2. The zero-order valence-corrected chi connectivity index (χ0v) is 11.8. The predicted octanol–water partition coefficient (Wildman–Crippen LogP) is 2.57. The van der Waals surface area contributed by atoms with E-state index in [1.54, 1.807) is 42.4 Å². The Morgan fingerprint density at radius 3 is 2.80 bits per heavy atom. The molecule has 1 aromatic heterocycles. The second-order valence-electron chi connectivity index (χ2n) is 4.16. The summed E-state index contributed by atoms with van der Waals surface area (Å²) in [6.45, 7) is 0. The number of aromatic nitrogens is 2. The number of nitrogens with zero attached hydrogens (tertiary/aromatic N) is 2. The molecule has 0 spiro atoms. The number of rotatable bonds is 6. The molecule has 104 valence electrons. The number of hydrogen-bond acceptors (Lipinski definition) is 5. The molecule has 0 aliphatic heterocycles. The van der Waals surface area contributed by atoms with Crippen LogP contribution in [0.25, 0.3) is 0 Å². The molecule has 1 amide bonds. The van der Waals surface area contributed by atoms with Gasteiger partial charge in [0.25, 0.3) is 0 Å². The van der Waals surface area contributed by atoms with Crippen molar-refractivity contribution in [1.29, 1.82) is 0 Å². The summed E-state index contributed by atoms with van der Waals surface area (Å²) >= 11 is 1.55. The number of hydrogen-bond donors (Lipinski definition) is 2. The Hall–Kier alpha value is -2.08. The summed E-state index contributed by atoms with van der Waals surface area (Å²) in [6, 6.07) is 8.94. The first-order valence-electron chi connectivity index (χ1n) is 6.29. The number of nitrogens with one attached hydrogen (secondary N) is 1. The topological polar surface area (TPSA) is 80.9 Å². The number of benzene rings is 1. The van der Waals surface area contributed by atoms with Crippen LogP contribution in [0.4, 0.5) is 11.4 Å². The van der Waals surface area contributed by atoms with E-state index in [4.69, 9.17) is 5.73 Å². The molecule has 3 N–H and O–H groups in total. The maximum atomic E-state index is 11.7.